The Kier molecular flexibility index (Phi) is 4.94. The summed E-state index contributed by atoms with van der Waals surface area (Å²) >= 11 is 0. The minimum Gasteiger partial charge on any atom is -0.490 e. The van der Waals surface area contributed by atoms with Crippen LogP contribution in [0.1, 0.15) is 6.42 Å². The zero-order valence-electron chi connectivity index (χ0n) is 12.5. The van der Waals surface area contributed by atoms with Gasteiger partial charge >= 0.3 is 5.69 Å². The maximum absolute atomic E-state index is 12.5. The summed E-state index contributed by atoms with van der Waals surface area (Å²) in [5.41, 5.74) is -0.478. The number of nitro benzene ring substituents is 1. The summed E-state index contributed by atoms with van der Waals surface area (Å²) in [6.07, 6.45) is 0.658. The number of carbonyl (C=O) groups is 1. The molecule has 2 rings (SSSR count). The van der Waals surface area contributed by atoms with Gasteiger partial charge < -0.3 is 20.1 Å². The molecule has 1 aromatic rings. The highest BCUT2D eigenvalue weighted by atomic mass is 16.6. The first-order chi connectivity index (χ1) is 10.5. The van der Waals surface area contributed by atoms with Crippen LogP contribution in [0.25, 0.3) is 0 Å². The van der Waals surface area contributed by atoms with Gasteiger partial charge in [0.15, 0.2) is 5.75 Å². The SMILES string of the molecule is COCC1(C(=O)Nc2ccc(OC)c([N+](=O)[O-])c2)CCNC1. The van der Waals surface area contributed by atoms with Crippen LogP contribution in [0.15, 0.2) is 18.2 Å². The molecule has 1 unspecified atom stereocenters. The molecule has 1 saturated heterocycles. The highest BCUT2D eigenvalue weighted by molar-refractivity contribution is 5.96. The van der Waals surface area contributed by atoms with E-state index in [1.807, 2.05) is 0 Å². The fourth-order valence-corrected chi connectivity index (χ4v) is 2.58. The second-order valence-corrected chi connectivity index (χ2v) is 5.24. The lowest BCUT2D eigenvalue weighted by atomic mass is 9.87. The Morgan fingerprint density at radius 3 is 2.82 bits per heavy atom. The summed E-state index contributed by atoms with van der Waals surface area (Å²) in [4.78, 5) is 23.0. The van der Waals surface area contributed by atoms with Gasteiger partial charge in [0, 0.05) is 25.4 Å². The molecule has 0 bridgehead atoms. The summed E-state index contributed by atoms with van der Waals surface area (Å²) in [7, 11) is 2.91. The maximum Gasteiger partial charge on any atom is 0.312 e. The minimum absolute atomic E-state index is 0.150. The van der Waals surface area contributed by atoms with Gasteiger partial charge in [-0.15, -0.1) is 0 Å². The van der Waals surface area contributed by atoms with Crippen LogP contribution in [-0.2, 0) is 9.53 Å². The van der Waals surface area contributed by atoms with Crippen molar-refractivity contribution in [2.24, 2.45) is 5.41 Å². The number of methoxy groups -OCH3 is 2. The van der Waals surface area contributed by atoms with E-state index >= 15 is 0 Å². The molecule has 120 valence electrons. The zero-order valence-corrected chi connectivity index (χ0v) is 12.5. The van der Waals surface area contributed by atoms with Gasteiger partial charge in [-0.05, 0) is 25.1 Å². The summed E-state index contributed by atoms with van der Waals surface area (Å²) < 4.78 is 10.1. The first-order valence-corrected chi connectivity index (χ1v) is 6.86. The van der Waals surface area contributed by atoms with Crippen molar-refractivity contribution in [2.45, 2.75) is 6.42 Å². The molecule has 0 saturated carbocycles. The number of nitrogens with zero attached hydrogens (tertiary/aromatic N) is 1. The Hall–Kier alpha value is -2.19. The topological polar surface area (TPSA) is 103 Å². The predicted octanol–water partition coefficient (Wildman–Crippen LogP) is 1.17. The Morgan fingerprint density at radius 2 is 2.27 bits per heavy atom. The minimum atomic E-state index is -0.649. The molecule has 2 N–H and O–H groups in total. The predicted molar refractivity (Wildman–Crippen MR) is 80.1 cm³/mol. The Bertz CT molecular complexity index is 570. The van der Waals surface area contributed by atoms with Crippen LogP contribution in [0.5, 0.6) is 5.75 Å². The van der Waals surface area contributed by atoms with Crippen molar-refractivity contribution in [2.75, 3.05) is 39.2 Å². The van der Waals surface area contributed by atoms with E-state index in [4.69, 9.17) is 9.47 Å². The van der Waals surface area contributed by atoms with Crippen LogP contribution in [0.4, 0.5) is 11.4 Å². The average Bonchev–Trinajstić information content (AvgIpc) is 2.97. The van der Waals surface area contributed by atoms with Crippen LogP contribution >= 0.6 is 0 Å². The van der Waals surface area contributed by atoms with Gasteiger partial charge in [0.1, 0.15) is 0 Å². The number of hydrogen-bond donors (Lipinski definition) is 2. The van der Waals surface area contributed by atoms with Crippen molar-refractivity contribution in [1.29, 1.82) is 0 Å². The number of carbonyl (C=O) groups excluding carboxylic acids is 1. The molecule has 1 fully saturated rings. The van der Waals surface area contributed by atoms with Crippen LogP contribution in [0, 0.1) is 15.5 Å². The van der Waals surface area contributed by atoms with Crippen molar-refractivity contribution in [1.82, 2.24) is 5.32 Å². The lowest BCUT2D eigenvalue weighted by Crippen LogP contribution is -2.41. The largest absolute Gasteiger partial charge is 0.490 e. The van der Waals surface area contributed by atoms with Crippen LogP contribution in [0.3, 0.4) is 0 Å². The molecule has 0 aliphatic carbocycles. The van der Waals surface area contributed by atoms with E-state index in [1.165, 1.54) is 19.2 Å². The van der Waals surface area contributed by atoms with Crippen LogP contribution in [-0.4, -0.2) is 44.7 Å². The fraction of sp³-hybridized carbons (Fsp3) is 0.500. The Balaban J connectivity index is 2.21. The molecule has 0 spiro atoms. The molecule has 1 aliphatic heterocycles. The molecule has 0 radical (unpaired) electrons. The van der Waals surface area contributed by atoms with Gasteiger partial charge in [0.2, 0.25) is 5.91 Å². The monoisotopic (exact) mass is 309 g/mol. The van der Waals surface area contributed by atoms with Gasteiger partial charge in [-0.3, -0.25) is 14.9 Å². The van der Waals surface area contributed by atoms with Crippen molar-refractivity contribution < 1.29 is 19.2 Å². The Morgan fingerprint density at radius 1 is 1.50 bits per heavy atom. The molecule has 8 nitrogen and oxygen atoms in total. The van der Waals surface area contributed by atoms with Crippen molar-refractivity contribution in [3.8, 4) is 5.75 Å². The van der Waals surface area contributed by atoms with Crippen LogP contribution < -0.4 is 15.4 Å². The second kappa shape index (κ2) is 6.71. The number of ether oxygens (including phenoxy) is 2. The first kappa shape index (κ1) is 16.2. The molecule has 1 amide bonds. The maximum atomic E-state index is 12.5. The van der Waals surface area contributed by atoms with Crippen molar-refractivity contribution in [3.05, 3.63) is 28.3 Å². The summed E-state index contributed by atoms with van der Waals surface area (Å²) in [6, 6.07) is 4.33. The highest BCUT2D eigenvalue weighted by Crippen LogP contribution is 2.32. The van der Waals surface area contributed by atoms with Crippen molar-refractivity contribution in [3.63, 3.8) is 0 Å². The van der Waals surface area contributed by atoms with E-state index in [9.17, 15) is 14.9 Å². The highest BCUT2D eigenvalue weighted by Gasteiger charge is 2.41. The smallest absolute Gasteiger partial charge is 0.312 e. The number of rotatable bonds is 6. The van der Waals surface area contributed by atoms with E-state index in [0.717, 1.165) is 6.54 Å². The zero-order chi connectivity index (χ0) is 16.2. The molecule has 8 heteroatoms. The standard InChI is InChI=1S/C14H19N3O5/c1-21-9-14(5-6-15-8-14)13(18)16-10-3-4-12(22-2)11(7-10)17(19)20/h3-4,7,15H,5-6,8-9H2,1-2H3,(H,16,18). The van der Waals surface area contributed by atoms with Gasteiger partial charge in [-0.25, -0.2) is 0 Å². The van der Waals surface area contributed by atoms with Gasteiger partial charge in [-0.1, -0.05) is 0 Å². The molecule has 1 heterocycles. The third-order valence-electron chi connectivity index (χ3n) is 3.78. The summed E-state index contributed by atoms with van der Waals surface area (Å²) in [5, 5.41) is 16.9. The second-order valence-electron chi connectivity index (χ2n) is 5.24. The van der Waals surface area contributed by atoms with Gasteiger partial charge in [0.25, 0.3) is 0 Å². The van der Waals surface area contributed by atoms with Crippen molar-refractivity contribution >= 4 is 17.3 Å². The molecule has 1 aromatic carbocycles. The Labute approximate surface area is 127 Å². The molecule has 1 atom stereocenters. The summed E-state index contributed by atoms with van der Waals surface area (Å²) in [5.74, 6) is -0.0593. The van der Waals surface area contributed by atoms with E-state index < -0.39 is 10.3 Å². The fourth-order valence-electron chi connectivity index (χ4n) is 2.58. The summed E-state index contributed by atoms with van der Waals surface area (Å²) in [6.45, 7) is 1.55. The van der Waals surface area contributed by atoms with E-state index in [0.29, 0.717) is 25.3 Å². The molecular formula is C14H19N3O5. The lowest BCUT2D eigenvalue weighted by molar-refractivity contribution is -0.385. The van der Waals surface area contributed by atoms with Crippen LogP contribution in [0.2, 0.25) is 0 Å². The molecule has 0 aromatic heterocycles. The molecular weight excluding hydrogens is 290 g/mol. The average molecular weight is 309 g/mol. The normalized spacial score (nSPS) is 20.6. The van der Waals surface area contributed by atoms with E-state index in [1.54, 1.807) is 13.2 Å². The third kappa shape index (κ3) is 3.18. The van der Waals surface area contributed by atoms with E-state index in [-0.39, 0.29) is 17.3 Å². The van der Waals surface area contributed by atoms with Gasteiger partial charge in [0.05, 0.1) is 24.1 Å². The number of amides is 1. The molecule has 22 heavy (non-hydrogen) atoms. The number of nitro groups is 1. The number of nitrogens with one attached hydrogen (secondary N) is 2. The number of benzene rings is 1. The molecule has 1 aliphatic rings. The van der Waals surface area contributed by atoms with Gasteiger partial charge in [-0.2, -0.15) is 0 Å². The lowest BCUT2D eigenvalue weighted by Gasteiger charge is -2.25. The first-order valence-electron chi connectivity index (χ1n) is 6.86. The number of hydrogen-bond acceptors (Lipinski definition) is 6. The van der Waals surface area contributed by atoms with E-state index in [2.05, 4.69) is 10.6 Å². The quantitative estimate of drug-likeness (QED) is 0.604. The number of anilines is 1. The third-order valence-corrected chi connectivity index (χ3v) is 3.78.